The van der Waals surface area contributed by atoms with Crippen LogP contribution in [-0.4, -0.2) is 48.8 Å². The predicted molar refractivity (Wildman–Crippen MR) is 80.3 cm³/mol. The van der Waals surface area contributed by atoms with Gasteiger partial charge in [0.15, 0.2) is 0 Å². The van der Waals surface area contributed by atoms with E-state index in [-0.39, 0.29) is 6.10 Å². The van der Waals surface area contributed by atoms with E-state index in [1.165, 1.54) is 38.6 Å². The predicted octanol–water partition coefficient (Wildman–Crippen LogP) is 2.25. The fourth-order valence-corrected chi connectivity index (χ4v) is 3.75. The lowest BCUT2D eigenvalue weighted by atomic mass is 9.73. The molecule has 1 saturated heterocycles. The van der Waals surface area contributed by atoms with Gasteiger partial charge in [-0.2, -0.15) is 0 Å². The number of hydrogen-bond donors (Lipinski definition) is 2. The summed E-state index contributed by atoms with van der Waals surface area (Å²) in [6.45, 7) is 10.0. The molecule has 0 aromatic rings. The van der Waals surface area contributed by atoms with Crippen LogP contribution in [0, 0.1) is 11.3 Å². The van der Waals surface area contributed by atoms with E-state index in [9.17, 15) is 5.11 Å². The Morgan fingerprint density at radius 2 is 2.00 bits per heavy atom. The summed E-state index contributed by atoms with van der Waals surface area (Å²) in [5.74, 6) is 0.731. The third-order valence-electron chi connectivity index (χ3n) is 4.77. The summed E-state index contributed by atoms with van der Waals surface area (Å²) in [5, 5.41) is 13.4. The maximum atomic E-state index is 9.70. The quantitative estimate of drug-likeness (QED) is 0.775. The number of nitrogens with one attached hydrogen (secondary N) is 1. The van der Waals surface area contributed by atoms with Crippen molar-refractivity contribution in [3.05, 3.63) is 0 Å². The van der Waals surface area contributed by atoms with Crippen molar-refractivity contribution in [1.29, 1.82) is 0 Å². The minimum atomic E-state index is -0.0794. The van der Waals surface area contributed by atoms with Crippen LogP contribution >= 0.6 is 0 Å². The average molecular weight is 268 g/mol. The summed E-state index contributed by atoms with van der Waals surface area (Å²) in [5.41, 5.74) is 0.469. The third kappa shape index (κ3) is 4.73. The number of nitrogens with zero attached hydrogens (tertiary/aromatic N) is 1. The molecule has 19 heavy (non-hydrogen) atoms. The van der Waals surface area contributed by atoms with Crippen LogP contribution in [0.15, 0.2) is 0 Å². The Kier molecular flexibility index (Phi) is 5.67. The van der Waals surface area contributed by atoms with Gasteiger partial charge in [-0.3, -0.25) is 0 Å². The number of β-amino-alcohol motifs (C(OH)–C–C–N with tert-alkyl or cyclic N) is 1. The standard InChI is InChI=1S/C16H32N2O/c1-14(2)10-17-12-16(7-4-3-5-8-16)13-18-9-6-15(19)11-18/h14-15,17,19H,3-13H2,1-2H3. The van der Waals surface area contributed by atoms with Crippen molar-refractivity contribution in [3.8, 4) is 0 Å². The normalized spacial score (nSPS) is 28.1. The largest absolute Gasteiger partial charge is 0.392 e. The van der Waals surface area contributed by atoms with Gasteiger partial charge in [0, 0.05) is 26.2 Å². The van der Waals surface area contributed by atoms with E-state index in [1.807, 2.05) is 0 Å². The van der Waals surface area contributed by atoms with Crippen LogP contribution < -0.4 is 5.32 Å². The van der Waals surface area contributed by atoms with Crippen LogP contribution in [-0.2, 0) is 0 Å². The molecule has 2 N–H and O–H groups in total. The van der Waals surface area contributed by atoms with Gasteiger partial charge in [-0.05, 0) is 37.1 Å². The maximum absolute atomic E-state index is 9.70. The van der Waals surface area contributed by atoms with Gasteiger partial charge in [0.05, 0.1) is 6.10 Å². The molecule has 3 nitrogen and oxygen atoms in total. The Morgan fingerprint density at radius 1 is 1.26 bits per heavy atom. The van der Waals surface area contributed by atoms with Crippen molar-refractivity contribution in [3.63, 3.8) is 0 Å². The second-order valence-corrected chi connectivity index (χ2v) is 7.26. The van der Waals surface area contributed by atoms with E-state index in [2.05, 4.69) is 24.1 Å². The second-order valence-electron chi connectivity index (χ2n) is 7.26. The Labute approximate surface area is 118 Å². The highest BCUT2D eigenvalue weighted by atomic mass is 16.3. The molecular weight excluding hydrogens is 236 g/mol. The molecule has 0 radical (unpaired) electrons. The molecule has 112 valence electrons. The van der Waals surface area contributed by atoms with Gasteiger partial charge in [-0.1, -0.05) is 33.1 Å². The first-order valence-corrected chi connectivity index (χ1v) is 8.21. The van der Waals surface area contributed by atoms with Gasteiger partial charge in [0.1, 0.15) is 0 Å². The highest BCUT2D eigenvalue weighted by Crippen LogP contribution is 2.37. The van der Waals surface area contributed by atoms with Gasteiger partial charge < -0.3 is 15.3 Å². The van der Waals surface area contributed by atoms with Gasteiger partial charge in [0.25, 0.3) is 0 Å². The lowest BCUT2D eigenvalue weighted by Crippen LogP contribution is -2.45. The van der Waals surface area contributed by atoms with Crippen LogP contribution in [0.25, 0.3) is 0 Å². The van der Waals surface area contributed by atoms with Crippen LogP contribution in [0.5, 0.6) is 0 Å². The van der Waals surface area contributed by atoms with E-state index < -0.39 is 0 Å². The van der Waals surface area contributed by atoms with E-state index in [1.54, 1.807) is 0 Å². The van der Waals surface area contributed by atoms with Gasteiger partial charge in [0.2, 0.25) is 0 Å². The summed E-state index contributed by atoms with van der Waals surface area (Å²) in [6.07, 6.45) is 7.81. The van der Waals surface area contributed by atoms with Crippen LogP contribution in [0.1, 0.15) is 52.4 Å². The lowest BCUT2D eigenvalue weighted by molar-refractivity contribution is 0.103. The maximum Gasteiger partial charge on any atom is 0.0679 e. The molecule has 0 amide bonds. The minimum Gasteiger partial charge on any atom is -0.392 e. The van der Waals surface area contributed by atoms with E-state index in [4.69, 9.17) is 0 Å². The molecule has 3 heteroatoms. The highest BCUT2D eigenvalue weighted by molar-refractivity contribution is 4.90. The first-order valence-electron chi connectivity index (χ1n) is 8.21. The summed E-state index contributed by atoms with van der Waals surface area (Å²) < 4.78 is 0. The molecule has 0 aromatic heterocycles. The molecule has 1 heterocycles. The van der Waals surface area contributed by atoms with Crippen molar-refractivity contribution in [2.75, 3.05) is 32.7 Å². The number of likely N-dealkylation sites (tertiary alicyclic amines) is 1. The SMILES string of the molecule is CC(C)CNCC1(CN2CCC(O)C2)CCCCC1. The number of rotatable bonds is 6. The molecule has 1 unspecified atom stereocenters. The van der Waals surface area contributed by atoms with E-state index in [0.29, 0.717) is 5.41 Å². The first kappa shape index (κ1) is 15.3. The molecule has 0 aromatic carbocycles. The van der Waals surface area contributed by atoms with E-state index >= 15 is 0 Å². The Bertz CT molecular complexity index is 261. The summed E-state index contributed by atoms with van der Waals surface area (Å²) in [7, 11) is 0. The number of aliphatic hydroxyl groups excluding tert-OH is 1. The van der Waals surface area contributed by atoms with Crippen molar-refractivity contribution in [2.45, 2.75) is 58.5 Å². The number of aliphatic hydroxyl groups is 1. The fourth-order valence-electron chi connectivity index (χ4n) is 3.75. The van der Waals surface area contributed by atoms with Crippen molar-refractivity contribution >= 4 is 0 Å². The molecule has 2 fully saturated rings. The van der Waals surface area contributed by atoms with E-state index in [0.717, 1.165) is 38.5 Å². The zero-order chi connectivity index (χ0) is 13.7. The molecule has 2 rings (SSSR count). The third-order valence-corrected chi connectivity index (χ3v) is 4.77. The zero-order valence-electron chi connectivity index (χ0n) is 12.8. The molecule has 0 bridgehead atoms. The first-order chi connectivity index (χ1) is 9.10. The average Bonchev–Trinajstić information content (AvgIpc) is 2.75. The Balaban J connectivity index is 1.86. The zero-order valence-corrected chi connectivity index (χ0v) is 12.8. The van der Waals surface area contributed by atoms with Crippen LogP contribution in [0.3, 0.4) is 0 Å². The Morgan fingerprint density at radius 3 is 2.58 bits per heavy atom. The van der Waals surface area contributed by atoms with Crippen LogP contribution in [0.4, 0.5) is 0 Å². The molecule has 1 aliphatic carbocycles. The fraction of sp³-hybridized carbons (Fsp3) is 1.00. The van der Waals surface area contributed by atoms with Crippen molar-refractivity contribution < 1.29 is 5.11 Å². The monoisotopic (exact) mass is 268 g/mol. The van der Waals surface area contributed by atoms with Crippen molar-refractivity contribution in [2.24, 2.45) is 11.3 Å². The topological polar surface area (TPSA) is 35.5 Å². The van der Waals surface area contributed by atoms with Gasteiger partial charge >= 0.3 is 0 Å². The molecule has 1 atom stereocenters. The summed E-state index contributed by atoms with van der Waals surface area (Å²) in [6, 6.07) is 0. The molecule has 2 aliphatic rings. The minimum absolute atomic E-state index is 0.0794. The Hall–Kier alpha value is -0.120. The molecule has 1 saturated carbocycles. The highest BCUT2D eigenvalue weighted by Gasteiger charge is 2.35. The van der Waals surface area contributed by atoms with Crippen LogP contribution in [0.2, 0.25) is 0 Å². The lowest BCUT2D eigenvalue weighted by Gasteiger charge is -2.40. The molecule has 0 spiro atoms. The van der Waals surface area contributed by atoms with Gasteiger partial charge in [-0.15, -0.1) is 0 Å². The smallest absolute Gasteiger partial charge is 0.0679 e. The van der Waals surface area contributed by atoms with Gasteiger partial charge in [-0.25, -0.2) is 0 Å². The molecule has 1 aliphatic heterocycles. The summed E-state index contributed by atoms with van der Waals surface area (Å²) >= 11 is 0. The van der Waals surface area contributed by atoms with Crippen molar-refractivity contribution in [1.82, 2.24) is 10.2 Å². The summed E-state index contributed by atoms with van der Waals surface area (Å²) in [4.78, 5) is 2.49. The number of hydrogen-bond acceptors (Lipinski definition) is 3. The molecular formula is C16H32N2O. The second kappa shape index (κ2) is 7.05.